The second-order valence-corrected chi connectivity index (χ2v) is 10.3. The predicted molar refractivity (Wildman–Crippen MR) is 118 cm³/mol. The summed E-state index contributed by atoms with van der Waals surface area (Å²) in [6.07, 6.45) is 2.75. The zero-order chi connectivity index (χ0) is 23.4. The Hall–Kier alpha value is -2.77. The van der Waals surface area contributed by atoms with Gasteiger partial charge in [0.05, 0.1) is 25.2 Å². The molecule has 0 atom stereocenters. The standard InChI is InChI=1S/C20H23N3O7S2/c1-29-18-8-5-16(14-19(18)31(21,25)26)22-20(24)9-4-15-2-6-17(7-3-15)32(27,28)23-10-12-30-13-11-23/h2-9,14H,10-13H2,1H3,(H,22,24)(H2,21,25,26)/b9-4+. The van der Waals surface area contributed by atoms with Gasteiger partial charge in [0.2, 0.25) is 26.0 Å². The number of carbonyl (C=O) groups excluding carboxylic acids is 1. The first-order chi connectivity index (χ1) is 15.1. The van der Waals surface area contributed by atoms with Gasteiger partial charge in [-0.15, -0.1) is 0 Å². The predicted octanol–water partition coefficient (Wildman–Crippen LogP) is 1.02. The molecule has 0 spiro atoms. The molecule has 1 fully saturated rings. The Morgan fingerprint density at radius 2 is 1.75 bits per heavy atom. The minimum absolute atomic E-state index is 0.0631. The van der Waals surface area contributed by atoms with E-state index in [1.165, 1.54) is 53.9 Å². The molecule has 1 aliphatic heterocycles. The van der Waals surface area contributed by atoms with Crippen molar-refractivity contribution in [3.8, 4) is 5.75 Å². The number of methoxy groups -OCH3 is 1. The molecule has 0 saturated carbocycles. The number of rotatable bonds is 7. The molecule has 10 nitrogen and oxygen atoms in total. The molecule has 1 saturated heterocycles. The molecule has 0 bridgehead atoms. The lowest BCUT2D eigenvalue weighted by Crippen LogP contribution is -2.40. The van der Waals surface area contributed by atoms with Crippen molar-refractivity contribution in [3.63, 3.8) is 0 Å². The van der Waals surface area contributed by atoms with E-state index in [-0.39, 0.29) is 21.2 Å². The van der Waals surface area contributed by atoms with Crippen molar-refractivity contribution in [1.29, 1.82) is 0 Å². The lowest BCUT2D eigenvalue weighted by atomic mass is 10.2. The largest absolute Gasteiger partial charge is 0.495 e. The fraction of sp³-hybridized carbons (Fsp3) is 0.250. The molecule has 0 radical (unpaired) electrons. The van der Waals surface area contributed by atoms with Crippen LogP contribution in [-0.4, -0.2) is 60.5 Å². The lowest BCUT2D eigenvalue weighted by molar-refractivity contribution is -0.111. The maximum Gasteiger partial charge on any atom is 0.248 e. The van der Waals surface area contributed by atoms with E-state index < -0.39 is 26.0 Å². The second kappa shape index (κ2) is 9.79. The lowest BCUT2D eigenvalue weighted by Gasteiger charge is -2.26. The molecule has 0 unspecified atom stereocenters. The van der Waals surface area contributed by atoms with E-state index in [0.717, 1.165) is 0 Å². The number of anilines is 1. The second-order valence-electron chi connectivity index (χ2n) is 6.82. The van der Waals surface area contributed by atoms with Gasteiger partial charge in [-0.2, -0.15) is 4.31 Å². The zero-order valence-corrected chi connectivity index (χ0v) is 18.9. The van der Waals surface area contributed by atoms with Crippen LogP contribution in [-0.2, 0) is 29.6 Å². The molecular formula is C20H23N3O7S2. The number of sulfonamides is 2. The third-order valence-corrected chi connectivity index (χ3v) is 7.50. The molecule has 0 aliphatic carbocycles. The van der Waals surface area contributed by atoms with E-state index in [2.05, 4.69) is 5.32 Å². The number of nitrogens with one attached hydrogen (secondary N) is 1. The highest BCUT2D eigenvalue weighted by molar-refractivity contribution is 7.89. The Morgan fingerprint density at radius 1 is 1.09 bits per heavy atom. The van der Waals surface area contributed by atoms with Crippen molar-refractivity contribution in [2.24, 2.45) is 5.14 Å². The minimum atomic E-state index is -4.04. The highest BCUT2D eigenvalue weighted by Gasteiger charge is 2.26. The first kappa shape index (κ1) is 23.9. The molecule has 0 aromatic heterocycles. The van der Waals surface area contributed by atoms with E-state index in [1.54, 1.807) is 12.1 Å². The Kier molecular flexibility index (Phi) is 7.31. The first-order valence-electron chi connectivity index (χ1n) is 9.49. The van der Waals surface area contributed by atoms with E-state index >= 15 is 0 Å². The van der Waals surface area contributed by atoms with Crippen LogP contribution in [0.3, 0.4) is 0 Å². The van der Waals surface area contributed by atoms with Crippen molar-refractivity contribution in [2.75, 3.05) is 38.7 Å². The number of morpholine rings is 1. The van der Waals surface area contributed by atoms with Crippen LogP contribution in [0.1, 0.15) is 5.56 Å². The average Bonchev–Trinajstić information content (AvgIpc) is 2.78. The quantitative estimate of drug-likeness (QED) is 0.562. The number of nitrogens with zero attached hydrogens (tertiary/aromatic N) is 1. The fourth-order valence-electron chi connectivity index (χ4n) is 3.02. The van der Waals surface area contributed by atoms with Crippen LogP contribution in [0, 0.1) is 0 Å². The van der Waals surface area contributed by atoms with Gasteiger partial charge >= 0.3 is 0 Å². The molecule has 3 rings (SSSR count). The number of carbonyl (C=O) groups is 1. The van der Waals surface area contributed by atoms with Gasteiger partial charge in [0.25, 0.3) is 0 Å². The van der Waals surface area contributed by atoms with Crippen molar-refractivity contribution >= 4 is 37.7 Å². The van der Waals surface area contributed by atoms with Crippen LogP contribution in [0.2, 0.25) is 0 Å². The smallest absolute Gasteiger partial charge is 0.248 e. The number of nitrogens with two attached hydrogens (primary N) is 1. The minimum Gasteiger partial charge on any atom is -0.495 e. The highest BCUT2D eigenvalue weighted by atomic mass is 32.2. The van der Waals surface area contributed by atoms with E-state index in [4.69, 9.17) is 14.6 Å². The van der Waals surface area contributed by atoms with Gasteiger partial charge in [-0.3, -0.25) is 4.79 Å². The molecule has 12 heteroatoms. The number of primary sulfonamides is 1. The Bertz CT molecular complexity index is 1220. The molecular weight excluding hydrogens is 458 g/mol. The summed E-state index contributed by atoms with van der Waals surface area (Å²) in [7, 11) is -6.32. The van der Waals surface area contributed by atoms with Crippen LogP contribution in [0.5, 0.6) is 5.75 Å². The number of benzene rings is 2. The number of ether oxygens (including phenoxy) is 2. The fourth-order valence-corrected chi connectivity index (χ4v) is 5.15. The summed E-state index contributed by atoms with van der Waals surface area (Å²) in [4.78, 5) is 12.1. The third kappa shape index (κ3) is 5.72. The van der Waals surface area contributed by atoms with Gasteiger partial charge in [-0.1, -0.05) is 12.1 Å². The maximum atomic E-state index is 12.6. The van der Waals surface area contributed by atoms with E-state index in [9.17, 15) is 21.6 Å². The first-order valence-corrected chi connectivity index (χ1v) is 12.5. The van der Waals surface area contributed by atoms with Crippen LogP contribution in [0.15, 0.2) is 58.3 Å². The van der Waals surface area contributed by atoms with Gasteiger partial charge in [0, 0.05) is 24.9 Å². The topological polar surface area (TPSA) is 145 Å². The Morgan fingerprint density at radius 3 is 2.34 bits per heavy atom. The summed E-state index contributed by atoms with van der Waals surface area (Å²) < 4.78 is 60.2. The molecule has 3 N–H and O–H groups in total. The van der Waals surface area contributed by atoms with Crippen LogP contribution < -0.4 is 15.2 Å². The summed E-state index contributed by atoms with van der Waals surface area (Å²) >= 11 is 0. The Balaban J connectivity index is 1.68. The van der Waals surface area contributed by atoms with Gasteiger partial charge < -0.3 is 14.8 Å². The third-order valence-electron chi connectivity index (χ3n) is 4.65. The molecule has 172 valence electrons. The summed E-state index contributed by atoms with van der Waals surface area (Å²) in [5.74, 6) is -0.450. The highest BCUT2D eigenvalue weighted by Crippen LogP contribution is 2.26. The molecule has 32 heavy (non-hydrogen) atoms. The summed E-state index contributed by atoms with van der Waals surface area (Å²) in [6, 6.07) is 10.2. The molecule has 1 heterocycles. The van der Waals surface area contributed by atoms with E-state index in [1.807, 2.05) is 0 Å². The van der Waals surface area contributed by atoms with Crippen molar-refractivity contribution < 1.29 is 31.1 Å². The van der Waals surface area contributed by atoms with Gasteiger partial charge in [-0.05, 0) is 42.0 Å². The monoisotopic (exact) mass is 481 g/mol. The normalized spacial score (nSPS) is 15.6. The Labute approximate surface area is 186 Å². The average molecular weight is 482 g/mol. The molecule has 1 aliphatic rings. The number of amides is 1. The SMILES string of the molecule is COc1ccc(NC(=O)/C=C/c2ccc(S(=O)(=O)N3CCOCC3)cc2)cc1S(N)(=O)=O. The number of hydrogen-bond donors (Lipinski definition) is 2. The van der Waals surface area contributed by atoms with Crippen molar-refractivity contribution in [1.82, 2.24) is 4.31 Å². The van der Waals surface area contributed by atoms with Crippen LogP contribution >= 0.6 is 0 Å². The van der Waals surface area contributed by atoms with Gasteiger partial charge in [0.15, 0.2) is 0 Å². The van der Waals surface area contributed by atoms with Gasteiger partial charge in [0.1, 0.15) is 10.6 Å². The van der Waals surface area contributed by atoms with Gasteiger partial charge in [-0.25, -0.2) is 22.0 Å². The summed E-state index contributed by atoms with van der Waals surface area (Å²) in [6.45, 7) is 1.34. The molecule has 2 aromatic rings. The summed E-state index contributed by atoms with van der Waals surface area (Å²) in [5.41, 5.74) is 0.831. The van der Waals surface area contributed by atoms with Crippen molar-refractivity contribution in [2.45, 2.75) is 9.79 Å². The van der Waals surface area contributed by atoms with E-state index in [0.29, 0.717) is 31.9 Å². The maximum absolute atomic E-state index is 12.6. The van der Waals surface area contributed by atoms with Crippen LogP contribution in [0.4, 0.5) is 5.69 Å². The van der Waals surface area contributed by atoms with Crippen molar-refractivity contribution in [3.05, 3.63) is 54.1 Å². The zero-order valence-electron chi connectivity index (χ0n) is 17.2. The molecule has 2 aromatic carbocycles. The summed E-state index contributed by atoms with van der Waals surface area (Å²) in [5, 5.41) is 7.71. The number of hydrogen-bond acceptors (Lipinski definition) is 7. The molecule has 1 amide bonds. The van der Waals surface area contributed by atoms with Crippen LogP contribution in [0.25, 0.3) is 6.08 Å².